The molecule has 1 aliphatic carbocycles. The van der Waals surface area contributed by atoms with E-state index >= 15 is 0 Å². The molecule has 33 heavy (non-hydrogen) atoms. The van der Waals surface area contributed by atoms with Crippen molar-refractivity contribution in [3.05, 3.63) is 59.7 Å². The van der Waals surface area contributed by atoms with E-state index in [1.165, 1.54) is 0 Å². The van der Waals surface area contributed by atoms with E-state index in [1.54, 1.807) is 20.8 Å². The number of hydrogen-bond acceptors (Lipinski definition) is 6. The zero-order chi connectivity index (χ0) is 24.0. The predicted molar refractivity (Wildman–Crippen MR) is 125 cm³/mol. The minimum Gasteiger partial charge on any atom is -0.459 e. The Morgan fingerprint density at radius 3 is 2.09 bits per heavy atom. The zero-order valence-corrected chi connectivity index (χ0v) is 19.3. The first kappa shape index (κ1) is 24.3. The molecule has 2 aromatic rings. The number of ether oxygens (including phenoxy) is 2. The number of fused-ring (bicyclic) bond motifs is 3. The van der Waals surface area contributed by atoms with Crippen molar-refractivity contribution in [1.82, 2.24) is 10.2 Å². The van der Waals surface area contributed by atoms with Gasteiger partial charge < -0.3 is 20.5 Å². The van der Waals surface area contributed by atoms with Gasteiger partial charge >= 0.3 is 12.1 Å². The Kier molecular flexibility index (Phi) is 7.71. The fourth-order valence-corrected chi connectivity index (χ4v) is 3.84. The fourth-order valence-electron chi connectivity index (χ4n) is 3.84. The molecule has 0 saturated carbocycles. The van der Waals surface area contributed by atoms with Gasteiger partial charge in [0.25, 0.3) is 0 Å². The van der Waals surface area contributed by atoms with Crippen LogP contribution >= 0.6 is 0 Å². The van der Waals surface area contributed by atoms with E-state index in [0.29, 0.717) is 0 Å². The third kappa shape index (κ3) is 6.32. The molecular formula is C25H31N3O5. The number of rotatable bonds is 8. The number of hydrogen-bond donors (Lipinski definition) is 2. The molecule has 0 heterocycles. The lowest BCUT2D eigenvalue weighted by molar-refractivity contribution is -0.155. The number of nitrogens with two attached hydrogens (primary N) is 1. The third-order valence-electron chi connectivity index (χ3n) is 5.14. The van der Waals surface area contributed by atoms with E-state index in [-0.39, 0.29) is 32.2 Å². The van der Waals surface area contributed by atoms with Gasteiger partial charge in [0, 0.05) is 19.0 Å². The van der Waals surface area contributed by atoms with Gasteiger partial charge in [-0.3, -0.25) is 14.5 Å². The summed E-state index contributed by atoms with van der Waals surface area (Å²) < 4.78 is 10.9. The molecule has 3 rings (SSSR count). The van der Waals surface area contributed by atoms with Crippen molar-refractivity contribution >= 4 is 18.0 Å². The second-order valence-corrected chi connectivity index (χ2v) is 8.89. The maximum Gasteiger partial charge on any atom is 0.410 e. The lowest BCUT2D eigenvalue weighted by Gasteiger charge is -2.25. The Hall–Kier alpha value is -3.39. The summed E-state index contributed by atoms with van der Waals surface area (Å²) in [5.41, 5.74) is 9.08. The highest BCUT2D eigenvalue weighted by Crippen LogP contribution is 2.44. The normalized spacial score (nSPS) is 12.5. The maximum absolute atomic E-state index is 12.9. The van der Waals surface area contributed by atoms with Gasteiger partial charge in [-0.2, -0.15) is 0 Å². The zero-order valence-electron chi connectivity index (χ0n) is 19.3. The molecule has 176 valence electrons. The average Bonchev–Trinajstić information content (AvgIpc) is 3.08. The summed E-state index contributed by atoms with van der Waals surface area (Å²) in [5, 5.41) is 2.60. The first-order chi connectivity index (χ1) is 15.7. The Morgan fingerprint density at radius 2 is 1.55 bits per heavy atom. The largest absolute Gasteiger partial charge is 0.459 e. The highest BCUT2D eigenvalue weighted by Gasteiger charge is 2.31. The van der Waals surface area contributed by atoms with Gasteiger partial charge in [-0.1, -0.05) is 48.5 Å². The molecule has 0 fully saturated rings. The summed E-state index contributed by atoms with van der Waals surface area (Å²) in [6.07, 6.45) is -0.759. The van der Waals surface area contributed by atoms with E-state index < -0.39 is 30.1 Å². The SMILES string of the molecule is CC(C)(C)OC(=O)CN(CC(=O)NCCN)C(=O)OCC1c2ccccc2-c2ccccc21. The van der Waals surface area contributed by atoms with Crippen LogP contribution in [0.1, 0.15) is 37.8 Å². The Labute approximate surface area is 194 Å². The molecule has 0 spiro atoms. The minimum atomic E-state index is -0.759. The van der Waals surface area contributed by atoms with Gasteiger partial charge in [0.15, 0.2) is 0 Å². The van der Waals surface area contributed by atoms with Crippen molar-refractivity contribution in [2.75, 3.05) is 32.8 Å². The van der Waals surface area contributed by atoms with Gasteiger partial charge in [0.2, 0.25) is 5.91 Å². The standard InChI is InChI=1S/C25H31N3O5/c1-25(2,3)33-23(30)15-28(14-22(29)27-13-12-26)24(31)32-16-21-19-10-6-4-8-17(19)18-9-5-7-11-20(18)21/h4-11,21H,12-16,26H2,1-3H3,(H,27,29). The molecule has 0 unspecified atom stereocenters. The summed E-state index contributed by atoms with van der Waals surface area (Å²) in [5.74, 6) is -1.18. The topological polar surface area (TPSA) is 111 Å². The number of amides is 2. The summed E-state index contributed by atoms with van der Waals surface area (Å²) >= 11 is 0. The van der Waals surface area contributed by atoms with Crippen LogP contribution in [-0.4, -0.2) is 61.3 Å². The summed E-state index contributed by atoms with van der Waals surface area (Å²) in [7, 11) is 0. The monoisotopic (exact) mass is 453 g/mol. The maximum atomic E-state index is 12.9. The molecule has 0 aromatic heterocycles. The number of nitrogens with one attached hydrogen (secondary N) is 1. The molecule has 0 saturated heterocycles. The summed E-state index contributed by atoms with van der Waals surface area (Å²) in [4.78, 5) is 38.5. The quantitative estimate of drug-likeness (QED) is 0.595. The van der Waals surface area contributed by atoms with Gasteiger partial charge in [-0.05, 0) is 43.0 Å². The van der Waals surface area contributed by atoms with Gasteiger partial charge in [0.05, 0.1) is 0 Å². The predicted octanol–water partition coefficient (Wildman–Crippen LogP) is 2.65. The first-order valence-corrected chi connectivity index (χ1v) is 11.0. The Morgan fingerprint density at radius 1 is 0.970 bits per heavy atom. The fraction of sp³-hybridized carbons (Fsp3) is 0.400. The highest BCUT2D eigenvalue weighted by atomic mass is 16.6. The van der Waals surface area contributed by atoms with Crippen LogP contribution in [0.25, 0.3) is 11.1 Å². The second-order valence-electron chi connectivity index (χ2n) is 8.89. The van der Waals surface area contributed by atoms with Crippen molar-refractivity contribution in [1.29, 1.82) is 0 Å². The second kappa shape index (κ2) is 10.5. The van der Waals surface area contributed by atoms with E-state index in [2.05, 4.69) is 5.32 Å². The van der Waals surface area contributed by atoms with Crippen LogP contribution in [0.5, 0.6) is 0 Å². The molecule has 8 nitrogen and oxygen atoms in total. The molecule has 0 bridgehead atoms. The van der Waals surface area contributed by atoms with E-state index in [9.17, 15) is 14.4 Å². The van der Waals surface area contributed by atoms with E-state index in [0.717, 1.165) is 27.2 Å². The van der Waals surface area contributed by atoms with Crippen LogP contribution < -0.4 is 11.1 Å². The van der Waals surface area contributed by atoms with Gasteiger partial charge in [0.1, 0.15) is 25.3 Å². The van der Waals surface area contributed by atoms with Gasteiger partial charge in [-0.25, -0.2) is 4.79 Å². The molecule has 1 aliphatic rings. The van der Waals surface area contributed by atoms with Crippen LogP contribution in [0.4, 0.5) is 4.79 Å². The molecule has 2 aromatic carbocycles. The van der Waals surface area contributed by atoms with Crippen molar-refractivity contribution in [3.63, 3.8) is 0 Å². The smallest absolute Gasteiger partial charge is 0.410 e. The lowest BCUT2D eigenvalue weighted by atomic mass is 9.98. The van der Waals surface area contributed by atoms with Crippen molar-refractivity contribution < 1.29 is 23.9 Å². The number of carbonyl (C=O) groups is 3. The van der Waals surface area contributed by atoms with Crippen LogP contribution in [0.2, 0.25) is 0 Å². The summed E-state index contributed by atoms with van der Waals surface area (Å²) in [6.45, 7) is 5.08. The average molecular weight is 454 g/mol. The molecule has 2 amide bonds. The Balaban J connectivity index is 1.72. The van der Waals surface area contributed by atoms with Crippen molar-refractivity contribution in [3.8, 4) is 11.1 Å². The summed E-state index contributed by atoms with van der Waals surface area (Å²) in [6, 6.07) is 16.0. The third-order valence-corrected chi connectivity index (χ3v) is 5.14. The molecule has 8 heteroatoms. The highest BCUT2D eigenvalue weighted by molar-refractivity contribution is 5.85. The molecule has 0 atom stereocenters. The van der Waals surface area contributed by atoms with Crippen LogP contribution in [0, 0.1) is 0 Å². The molecular weight excluding hydrogens is 422 g/mol. The van der Waals surface area contributed by atoms with Crippen LogP contribution in [0.3, 0.4) is 0 Å². The molecule has 0 aliphatic heterocycles. The van der Waals surface area contributed by atoms with Crippen LogP contribution in [-0.2, 0) is 19.1 Å². The number of carbonyl (C=O) groups excluding carboxylic acids is 3. The minimum absolute atomic E-state index is 0.0854. The lowest BCUT2D eigenvalue weighted by Crippen LogP contribution is -2.45. The number of benzene rings is 2. The molecule has 3 N–H and O–H groups in total. The van der Waals surface area contributed by atoms with Crippen molar-refractivity contribution in [2.45, 2.75) is 32.3 Å². The first-order valence-electron chi connectivity index (χ1n) is 11.0. The number of nitrogens with zero attached hydrogens (tertiary/aromatic N) is 1. The Bertz CT molecular complexity index is 970. The van der Waals surface area contributed by atoms with E-state index in [1.807, 2.05) is 48.5 Å². The van der Waals surface area contributed by atoms with Crippen LogP contribution in [0.15, 0.2) is 48.5 Å². The van der Waals surface area contributed by atoms with Gasteiger partial charge in [-0.15, -0.1) is 0 Å². The van der Waals surface area contributed by atoms with E-state index in [4.69, 9.17) is 15.2 Å². The van der Waals surface area contributed by atoms with Crippen molar-refractivity contribution in [2.24, 2.45) is 5.73 Å². The molecule has 0 radical (unpaired) electrons. The number of esters is 1.